The maximum absolute atomic E-state index is 12.7. The van der Waals surface area contributed by atoms with E-state index < -0.39 is 17.5 Å². The molecule has 0 spiro atoms. The van der Waals surface area contributed by atoms with E-state index in [1.165, 1.54) is 19.2 Å². The van der Waals surface area contributed by atoms with Crippen LogP contribution in [-0.4, -0.2) is 4.98 Å². The molecule has 0 aliphatic carbocycles. The topological polar surface area (TPSA) is 36.0 Å². The third-order valence-corrected chi connectivity index (χ3v) is 2.37. The lowest BCUT2D eigenvalue weighted by molar-refractivity contribution is -0.266. The zero-order chi connectivity index (χ0) is 11.9. The zero-order valence-corrected chi connectivity index (χ0v) is 8.30. The van der Waals surface area contributed by atoms with Crippen LogP contribution in [0, 0.1) is 6.92 Å². The predicted molar refractivity (Wildman–Crippen MR) is 50.9 cm³/mol. The Labute approximate surface area is 89.4 Å². The molecule has 5 heteroatoms. The summed E-state index contributed by atoms with van der Waals surface area (Å²) in [6.07, 6.45) is -3.14. The molecule has 0 saturated carbocycles. The van der Waals surface area contributed by atoms with Crippen LogP contribution in [0.25, 0.3) is 10.9 Å². The van der Waals surface area contributed by atoms with Gasteiger partial charge in [-0.05, 0) is 24.6 Å². The maximum atomic E-state index is 12.7. The van der Waals surface area contributed by atoms with Gasteiger partial charge in [0.25, 0.3) is 0 Å². The molecule has 0 atom stereocenters. The molecule has 0 radical (unpaired) electrons. The van der Waals surface area contributed by atoms with Gasteiger partial charge in [0.05, 0.1) is 11.1 Å². The van der Waals surface area contributed by atoms with E-state index in [2.05, 4.69) is 4.98 Å². The monoisotopic (exact) mass is 226 g/mol. The second kappa shape index (κ2) is 3.37. The van der Waals surface area contributed by atoms with Crippen molar-refractivity contribution < 1.29 is 18.3 Å². The van der Waals surface area contributed by atoms with Gasteiger partial charge < -0.3 is 5.11 Å². The fourth-order valence-corrected chi connectivity index (χ4v) is 1.64. The second-order valence-electron chi connectivity index (χ2n) is 3.46. The average molecular weight is 226 g/mol. The van der Waals surface area contributed by atoms with Crippen molar-refractivity contribution in [1.29, 1.82) is 0 Å². The van der Waals surface area contributed by atoms with Crippen molar-refractivity contribution in [3.63, 3.8) is 0 Å². The largest absolute Gasteiger partial charge is 0.871 e. The van der Waals surface area contributed by atoms with Gasteiger partial charge in [0.15, 0.2) is 0 Å². The Morgan fingerprint density at radius 1 is 1.19 bits per heavy atom. The number of aromatic nitrogens is 1. The van der Waals surface area contributed by atoms with Gasteiger partial charge in [0.2, 0.25) is 0 Å². The summed E-state index contributed by atoms with van der Waals surface area (Å²) < 4.78 is 38.1. The first kappa shape index (κ1) is 10.7. The first-order valence-corrected chi connectivity index (χ1v) is 4.54. The highest BCUT2D eigenvalue weighted by molar-refractivity contribution is 5.90. The summed E-state index contributed by atoms with van der Waals surface area (Å²) >= 11 is 0. The summed E-state index contributed by atoms with van der Waals surface area (Å²) in [5.41, 5.74) is -0.544. The van der Waals surface area contributed by atoms with Gasteiger partial charge in [0, 0.05) is 11.6 Å². The SMILES string of the molecule is Cc1ccnc2c([O-])ccc(C(F)(F)F)c12. The van der Waals surface area contributed by atoms with Crippen molar-refractivity contribution in [3.05, 3.63) is 35.5 Å². The number of fused-ring (bicyclic) bond motifs is 1. The average Bonchev–Trinajstić information content (AvgIpc) is 2.18. The van der Waals surface area contributed by atoms with E-state index in [4.69, 9.17) is 0 Å². The quantitative estimate of drug-likeness (QED) is 0.692. The van der Waals surface area contributed by atoms with E-state index in [0.717, 1.165) is 12.1 Å². The lowest BCUT2D eigenvalue weighted by atomic mass is 10.0. The van der Waals surface area contributed by atoms with Crippen LogP contribution < -0.4 is 5.11 Å². The minimum Gasteiger partial charge on any atom is -0.871 e. The second-order valence-corrected chi connectivity index (χ2v) is 3.46. The van der Waals surface area contributed by atoms with Crippen molar-refractivity contribution in [2.45, 2.75) is 13.1 Å². The fourth-order valence-electron chi connectivity index (χ4n) is 1.64. The highest BCUT2D eigenvalue weighted by Gasteiger charge is 2.33. The summed E-state index contributed by atoms with van der Waals surface area (Å²) in [6.45, 7) is 1.53. The summed E-state index contributed by atoms with van der Waals surface area (Å²) in [4.78, 5) is 3.70. The Bertz CT molecular complexity index is 549. The highest BCUT2D eigenvalue weighted by atomic mass is 19.4. The van der Waals surface area contributed by atoms with Gasteiger partial charge in [-0.3, -0.25) is 4.98 Å². The molecule has 0 unspecified atom stereocenters. The van der Waals surface area contributed by atoms with Gasteiger partial charge >= 0.3 is 6.18 Å². The molecule has 2 aromatic rings. The number of alkyl halides is 3. The van der Waals surface area contributed by atoms with Crippen LogP contribution in [-0.2, 0) is 6.18 Å². The number of benzene rings is 1. The minimum atomic E-state index is -4.47. The summed E-state index contributed by atoms with van der Waals surface area (Å²) in [5.74, 6) is -0.494. The molecule has 1 heterocycles. The molecule has 2 nitrogen and oxygen atoms in total. The Morgan fingerprint density at radius 3 is 2.50 bits per heavy atom. The number of pyridine rings is 1. The normalized spacial score (nSPS) is 12.0. The lowest BCUT2D eigenvalue weighted by Gasteiger charge is -2.16. The molecular formula is C11H7F3NO-. The Morgan fingerprint density at radius 2 is 1.88 bits per heavy atom. The van der Waals surface area contributed by atoms with Crippen LogP contribution >= 0.6 is 0 Å². The Balaban J connectivity index is 2.92. The molecule has 1 aromatic carbocycles. The lowest BCUT2D eigenvalue weighted by Crippen LogP contribution is -2.08. The first-order valence-electron chi connectivity index (χ1n) is 4.54. The van der Waals surface area contributed by atoms with E-state index >= 15 is 0 Å². The van der Waals surface area contributed by atoms with Gasteiger partial charge in [-0.25, -0.2) is 0 Å². The van der Waals surface area contributed by atoms with Gasteiger partial charge in [-0.1, -0.05) is 11.8 Å². The zero-order valence-electron chi connectivity index (χ0n) is 8.30. The van der Waals surface area contributed by atoms with Crippen LogP contribution in [0.2, 0.25) is 0 Å². The molecule has 0 bridgehead atoms. The van der Waals surface area contributed by atoms with E-state index in [0.29, 0.717) is 5.56 Å². The van der Waals surface area contributed by atoms with E-state index in [1.54, 1.807) is 0 Å². The molecule has 2 rings (SSSR count). The van der Waals surface area contributed by atoms with Crippen molar-refractivity contribution >= 4 is 10.9 Å². The molecular weight excluding hydrogens is 219 g/mol. The van der Waals surface area contributed by atoms with Gasteiger partial charge in [0.1, 0.15) is 0 Å². The van der Waals surface area contributed by atoms with E-state index in [9.17, 15) is 18.3 Å². The summed E-state index contributed by atoms with van der Waals surface area (Å²) in [5, 5.41) is 11.3. The summed E-state index contributed by atoms with van der Waals surface area (Å²) in [6, 6.07) is 3.16. The van der Waals surface area contributed by atoms with Crippen molar-refractivity contribution in [1.82, 2.24) is 4.98 Å². The van der Waals surface area contributed by atoms with Gasteiger partial charge in [-0.2, -0.15) is 13.2 Å². The van der Waals surface area contributed by atoms with Crippen molar-refractivity contribution in [3.8, 4) is 5.75 Å². The maximum Gasteiger partial charge on any atom is 0.417 e. The third-order valence-electron chi connectivity index (χ3n) is 2.37. The van der Waals surface area contributed by atoms with Crippen LogP contribution in [0.3, 0.4) is 0 Å². The molecule has 0 aliphatic rings. The molecule has 0 aliphatic heterocycles. The number of hydrogen-bond donors (Lipinski definition) is 0. The highest BCUT2D eigenvalue weighted by Crippen LogP contribution is 2.37. The molecule has 0 fully saturated rings. The number of halogens is 3. The smallest absolute Gasteiger partial charge is 0.417 e. The number of nitrogens with zero attached hydrogens (tertiary/aromatic N) is 1. The third kappa shape index (κ3) is 1.58. The fraction of sp³-hybridized carbons (Fsp3) is 0.182. The predicted octanol–water partition coefficient (Wildman–Crippen LogP) is 2.64. The van der Waals surface area contributed by atoms with E-state index in [1.807, 2.05) is 0 Å². The first-order chi connectivity index (χ1) is 7.41. The van der Waals surface area contributed by atoms with Crippen LogP contribution in [0.4, 0.5) is 13.2 Å². The number of rotatable bonds is 0. The Hall–Kier alpha value is -1.78. The molecule has 84 valence electrons. The van der Waals surface area contributed by atoms with Crippen molar-refractivity contribution in [2.24, 2.45) is 0 Å². The van der Waals surface area contributed by atoms with Crippen LogP contribution in [0.1, 0.15) is 11.1 Å². The van der Waals surface area contributed by atoms with Crippen LogP contribution in [0.15, 0.2) is 24.4 Å². The number of hydrogen-bond acceptors (Lipinski definition) is 2. The standard InChI is InChI=1S/C11H8F3NO/c1-6-4-5-15-10-8(16)3-2-7(9(6)10)11(12,13)14/h2-5,16H,1H3/p-1. The van der Waals surface area contributed by atoms with E-state index in [-0.39, 0.29) is 10.9 Å². The molecule has 0 N–H and O–H groups in total. The molecule has 0 amide bonds. The molecule has 16 heavy (non-hydrogen) atoms. The Kier molecular flexibility index (Phi) is 2.26. The molecule has 1 aromatic heterocycles. The number of aryl methyl sites for hydroxylation is 1. The van der Waals surface area contributed by atoms with Crippen molar-refractivity contribution in [2.75, 3.05) is 0 Å². The summed E-state index contributed by atoms with van der Waals surface area (Å²) in [7, 11) is 0. The van der Waals surface area contributed by atoms with Gasteiger partial charge in [-0.15, -0.1) is 0 Å². The minimum absolute atomic E-state index is 0.109. The molecule has 0 saturated heterocycles. The van der Waals surface area contributed by atoms with Crippen LogP contribution in [0.5, 0.6) is 5.75 Å².